The highest BCUT2D eigenvalue weighted by atomic mass is 32.2. The van der Waals surface area contributed by atoms with Crippen LogP contribution in [0.15, 0.2) is 54.6 Å². The minimum Gasteiger partial charge on any atom is -0.293 e. The number of allylic oxidation sites excluding steroid dienone is 4. The predicted molar refractivity (Wildman–Crippen MR) is 66.5 cm³/mol. The fourth-order valence-corrected chi connectivity index (χ4v) is 2.26. The van der Waals surface area contributed by atoms with E-state index in [1.807, 2.05) is 6.07 Å². The van der Waals surface area contributed by atoms with Gasteiger partial charge >= 0.3 is 0 Å². The van der Waals surface area contributed by atoms with Gasteiger partial charge in [0.25, 0.3) is 0 Å². The molecule has 0 bridgehead atoms. The van der Waals surface area contributed by atoms with Crippen molar-refractivity contribution in [2.24, 2.45) is 5.92 Å². The standard InChI is InChI=1S/C13H10O3S/c14-13(10-6-2-1-3-7-10)11-8-4-5-9-12(11)17(15)16/h1-9,11H. The molecule has 1 atom stereocenters. The van der Waals surface area contributed by atoms with Crippen LogP contribution in [0.2, 0.25) is 0 Å². The molecule has 86 valence electrons. The minimum absolute atomic E-state index is 0.112. The van der Waals surface area contributed by atoms with Crippen LogP contribution in [0.3, 0.4) is 0 Å². The zero-order valence-electron chi connectivity index (χ0n) is 8.91. The molecule has 0 fully saturated rings. The number of hydrogen-bond acceptors (Lipinski definition) is 3. The van der Waals surface area contributed by atoms with Gasteiger partial charge in [0.05, 0.1) is 10.8 Å². The van der Waals surface area contributed by atoms with Crippen molar-refractivity contribution < 1.29 is 13.2 Å². The van der Waals surface area contributed by atoms with Gasteiger partial charge in [0.15, 0.2) is 5.78 Å². The highest BCUT2D eigenvalue weighted by molar-refractivity contribution is 7.73. The molecule has 1 aromatic carbocycles. The summed E-state index contributed by atoms with van der Waals surface area (Å²) in [7, 11) is -2.37. The Labute approximate surface area is 101 Å². The molecule has 1 aliphatic rings. The maximum absolute atomic E-state index is 12.1. The Morgan fingerprint density at radius 1 is 1.06 bits per heavy atom. The van der Waals surface area contributed by atoms with E-state index in [-0.39, 0.29) is 10.6 Å². The van der Waals surface area contributed by atoms with Crippen LogP contribution in [-0.2, 0) is 10.3 Å². The first-order valence-corrected chi connectivity index (χ1v) is 6.18. The fraction of sp³-hybridized carbons (Fsp3) is 0.0769. The molecule has 0 spiro atoms. The molecule has 2 rings (SSSR count). The maximum atomic E-state index is 12.1. The number of ketones is 1. The first-order chi connectivity index (χ1) is 8.20. The van der Waals surface area contributed by atoms with Crippen LogP contribution in [0.4, 0.5) is 0 Å². The zero-order chi connectivity index (χ0) is 12.3. The lowest BCUT2D eigenvalue weighted by Crippen LogP contribution is -2.23. The minimum atomic E-state index is -2.37. The van der Waals surface area contributed by atoms with E-state index in [4.69, 9.17) is 0 Å². The van der Waals surface area contributed by atoms with E-state index in [0.29, 0.717) is 5.56 Å². The summed E-state index contributed by atoms with van der Waals surface area (Å²) in [4.78, 5) is 12.2. The van der Waals surface area contributed by atoms with E-state index in [0.717, 1.165) is 0 Å². The van der Waals surface area contributed by atoms with Gasteiger partial charge in [-0.2, -0.15) is 8.42 Å². The van der Waals surface area contributed by atoms with Crippen LogP contribution in [-0.4, -0.2) is 19.1 Å². The number of rotatable bonds is 2. The summed E-state index contributed by atoms with van der Waals surface area (Å²) in [6.07, 6.45) is 6.34. The van der Waals surface area contributed by atoms with Gasteiger partial charge in [-0.15, -0.1) is 0 Å². The van der Waals surface area contributed by atoms with E-state index in [1.54, 1.807) is 42.5 Å². The van der Waals surface area contributed by atoms with Crippen molar-refractivity contribution in [3.63, 3.8) is 0 Å². The summed E-state index contributed by atoms with van der Waals surface area (Å²) in [5, 5.41) is 0. The second-order valence-corrected chi connectivity index (χ2v) is 4.53. The van der Waals surface area contributed by atoms with Gasteiger partial charge in [-0.25, -0.2) is 0 Å². The average molecular weight is 246 g/mol. The highest BCUT2D eigenvalue weighted by Crippen LogP contribution is 2.15. The van der Waals surface area contributed by atoms with Crippen molar-refractivity contribution >= 4 is 20.9 Å². The van der Waals surface area contributed by atoms with Crippen LogP contribution in [0.5, 0.6) is 0 Å². The van der Waals surface area contributed by atoms with E-state index in [2.05, 4.69) is 0 Å². The van der Waals surface area contributed by atoms with Crippen molar-refractivity contribution in [3.8, 4) is 0 Å². The Morgan fingerprint density at radius 3 is 2.41 bits per heavy atom. The lowest BCUT2D eigenvalue weighted by molar-refractivity contribution is 0.0973. The zero-order valence-corrected chi connectivity index (χ0v) is 9.72. The highest BCUT2D eigenvalue weighted by Gasteiger charge is 2.23. The molecule has 1 aromatic rings. The molecular formula is C13H10O3S. The fourth-order valence-electron chi connectivity index (χ4n) is 1.68. The molecule has 0 aromatic heterocycles. The van der Waals surface area contributed by atoms with Gasteiger partial charge in [0, 0.05) is 5.56 Å². The lowest BCUT2D eigenvalue weighted by Gasteiger charge is -2.12. The second kappa shape index (κ2) is 4.93. The van der Waals surface area contributed by atoms with Crippen molar-refractivity contribution in [2.45, 2.75) is 0 Å². The largest absolute Gasteiger partial charge is 0.293 e. The van der Waals surface area contributed by atoms with Gasteiger partial charge in [-0.1, -0.05) is 48.6 Å². The van der Waals surface area contributed by atoms with Crippen LogP contribution in [0.1, 0.15) is 10.4 Å². The van der Waals surface area contributed by atoms with Crippen molar-refractivity contribution in [2.75, 3.05) is 0 Å². The summed E-state index contributed by atoms with van der Waals surface area (Å²) in [6.45, 7) is 0. The van der Waals surface area contributed by atoms with E-state index < -0.39 is 16.2 Å². The van der Waals surface area contributed by atoms with Crippen molar-refractivity contribution in [3.05, 3.63) is 60.2 Å². The number of benzene rings is 1. The summed E-state index contributed by atoms with van der Waals surface area (Å²) in [6, 6.07) is 8.68. The van der Waals surface area contributed by atoms with Crippen LogP contribution < -0.4 is 0 Å². The summed E-state index contributed by atoms with van der Waals surface area (Å²) in [5.74, 6) is -0.911. The summed E-state index contributed by atoms with van der Waals surface area (Å²) in [5.41, 5.74) is 0.514. The lowest BCUT2D eigenvalue weighted by atomic mass is 9.92. The molecule has 0 aliphatic heterocycles. The molecule has 0 radical (unpaired) electrons. The molecule has 0 heterocycles. The molecule has 0 saturated carbocycles. The molecule has 17 heavy (non-hydrogen) atoms. The monoisotopic (exact) mass is 246 g/mol. The van der Waals surface area contributed by atoms with Gasteiger partial charge in [-0.3, -0.25) is 4.79 Å². The number of carbonyl (C=O) groups is 1. The molecule has 0 saturated heterocycles. The van der Waals surface area contributed by atoms with E-state index >= 15 is 0 Å². The third-order valence-electron chi connectivity index (χ3n) is 2.51. The number of hydrogen-bond donors (Lipinski definition) is 0. The van der Waals surface area contributed by atoms with E-state index in [1.165, 1.54) is 6.08 Å². The van der Waals surface area contributed by atoms with Gasteiger partial charge in [0.1, 0.15) is 0 Å². The molecule has 4 heteroatoms. The average Bonchev–Trinajstić information content (AvgIpc) is 2.39. The van der Waals surface area contributed by atoms with Crippen molar-refractivity contribution in [1.29, 1.82) is 0 Å². The third-order valence-corrected chi connectivity index (χ3v) is 3.29. The summed E-state index contributed by atoms with van der Waals surface area (Å²) < 4.78 is 22.1. The first kappa shape index (κ1) is 11.5. The SMILES string of the molecule is O=C(c1ccccc1)C1C=CC=CC1=S(=O)=O. The molecule has 3 nitrogen and oxygen atoms in total. The Morgan fingerprint density at radius 2 is 1.76 bits per heavy atom. The van der Waals surface area contributed by atoms with Gasteiger partial charge < -0.3 is 0 Å². The summed E-state index contributed by atoms with van der Waals surface area (Å²) >= 11 is 0. The second-order valence-electron chi connectivity index (χ2n) is 3.59. The topological polar surface area (TPSA) is 51.2 Å². The molecular weight excluding hydrogens is 236 g/mol. The third kappa shape index (κ3) is 2.42. The maximum Gasteiger partial charge on any atom is 0.218 e. The van der Waals surface area contributed by atoms with Gasteiger partial charge in [-0.05, 0) is 6.08 Å². The Hall–Kier alpha value is -1.94. The Kier molecular flexibility index (Phi) is 3.35. The first-order valence-electron chi connectivity index (χ1n) is 5.10. The van der Waals surface area contributed by atoms with Crippen molar-refractivity contribution in [1.82, 2.24) is 0 Å². The Bertz CT molecular complexity index is 614. The number of Topliss-reactive ketones (excluding diaryl/α,β-unsaturated/α-hetero) is 1. The Balaban J connectivity index is 2.42. The van der Waals surface area contributed by atoms with E-state index in [9.17, 15) is 13.2 Å². The quantitative estimate of drug-likeness (QED) is 0.589. The molecule has 0 amide bonds. The smallest absolute Gasteiger partial charge is 0.218 e. The van der Waals surface area contributed by atoms with Gasteiger partial charge in [0.2, 0.25) is 10.3 Å². The number of carbonyl (C=O) groups excluding carboxylic acids is 1. The molecule has 1 aliphatic carbocycles. The predicted octanol–water partition coefficient (Wildman–Crippen LogP) is 1.66. The normalized spacial score (nSPS) is 18.1. The van der Waals surface area contributed by atoms with Crippen LogP contribution in [0.25, 0.3) is 0 Å². The van der Waals surface area contributed by atoms with Crippen LogP contribution in [0, 0.1) is 5.92 Å². The van der Waals surface area contributed by atoms with Crippen LogP contribution >= 0.6 is 0 Å². The molecule has 0 N–H and O–H groups in total. The molecule has 1 unspecified atom stereocenters.